The normalized spacial score (nSPS) is 10.5. The van der Waals surface area contributed by atoms with E-state index in [1.54, 1.807) is 0 Å². The lowest BCUT2D eigenvalue weighted by Gasteiger charge is -1.99. The van der Waals surface area contributed by atoms with Crippen LogP contribution >= 0.6 is 11.6 Å². The molecular formula is C15H11ClN2. The predicted octanol–water partition coefficient (Wildman–Crippen LogP) is 4.40. The van der Waals surface area contributed by atoms with Crippen molar-refractivity contribution in [1.82, 2.24) is 9.97 Å². The van der Waals surface area contributed by atoms with Crippen LogP contribution in [0.1, 0.15) is 0 Å². The summed E-state index contributed by atoms with van der Waals surface area (Å²) in [7, 11) is 0. The van der Waals surface area contributed by atoms with Gasteiger partial charge in [0.05, 0.1) is 10.7 Å². The molecule has 3 heteroatoms. The topological polar surface area (TPSA) is 28.7 Å². The number of hydrogen-bond donors (Lipinski definition) is 1. The summed E-state index contributed by atoms with van der Waals surface area (Å²) >= 11 is 6.15. The van der Waals surface area contributed by atoms with Gasteiger partial charge in [0.1, 0.15) is 5.82 Å². The Morgan fingerprint density at radius 2 is 1.61 bits per heavy atom. The standard InChI is InChI=1S/C15H11ClN2/c16-13-9-5-4-8-12(13)15-17-10-14(18-15)11-6-2-1-3-7-11/h1-10H,(H,17,18). The maximum Gasteiger partial charge on any atom is 0.139 e. The van der Waals surface area contributed by atoms with Crippen LogP contribution in [-0.2, 0) is 0 Å². The average molecular weight is 255 g/mol. The molecular weight excluding hydrogens is 244 g/mol. The van der Waals surface area contributed by atoms with E-state index in [1.807, 2.05) is 60.8 Å². The molecule has 0 aliphatic heterocycles. The van der Waals surface area contributed by atoms with Gasteiger partial charge in [0.25, 0.3) is 0 Å². The molecule has 0 bridgehead atoms. The zero-order valence-electron chi connectivity index (χ0n) is 9.60. The first-order valence-electron chi connectivity index (χ1n) is 5.70. The number of nitrogens with zero attached hydrogens (tertiary/aromatic N) is 1. The maximum absolute atomic E-state index is 6.15. The molecule has 0 fully saturated rings. The van der Waals surface area contributed by atoms with Gasteiger partial charge in [-0.3, -0.25) is 0 Å². The minimum Gasteiger partial charge on any atom is -0.344 e. The van der Waals surface area contributed by atoms with Gasteiger partial charge in [-0.15, -0.1) is 0 Å². The van der Waals surface area contributed by atoms with Crippen LogP contribution in [-0.4, -0.2) is 9.97 Å². The summed E-state index contributed by atoms with van der Waals surface area (Å²) in [5.74, 6) is 0.791. The first-order valence-corrected chi connectivity index (χ1v) is 6.08. The van der Waals surface area contributed by atoms with Gasteiger partial charge in [0.15, 0.2) is 0 Å². The molecule has 1 aromatic heterocycles. The molecule has 0 aliphatic carbocycles. The molecule has 2 nitrogen and oxygen atoms in total. The van der Waals surface area contributed by atoms with E-state index in [0.717, 1.165) is 22.6 Å². The van der Waals surface area contributed by atoms with Gasteiger partial charge in [0.2, 0.25) is 0 Å². The van der Waals surface area contributed by atoms with Gasteiger partial charge in [-0.1, -0.05) is 54.1 Å². The van der Waals surface area contributed by atoms with Crippen LogP contribution in [0.5, 0.6) is 0 Å². The molecule has 1 N–H and O–H groups in total. The Kier molecular flexibility index (Phi) is 2.87. The largest absolute Gasteiger partial charge is 0.344 e. The third kappa shape index (κ3) is 2.03. The summed E-state index contributed by atoms with van der Waals surface area (Å²) in [4.78, 5) is 7.74. The van der Waals surface area contributed by atoms with Crippen molar-refractivity contribution in [2.24, 2.45) is 0 Å². The number of nitrogens with one attached hydrogen (secondary N) is 1. The van der Waals surface area contributed by atoms with Gasteiger partial charge >= 0.3 is 0 Å². The van der Waals surface area contributed by atoms with Crippen molar-refractivity contribution in [3.8, 4) is 22.6 Å². The van der Waals surface area contributed by atoms with Crippen molar-refractivity contribution in [1.29, 1.82) is 0 Å². The number of hydrogen-bond acceptors (Lipinski definition) is 1. The lowest BCUT2D eigenvalue weighted by molar-refractivity contribution is 1.31. The molecule has 0 atom stereocenters. The Bertz CT molecular complexity index is 659. The minimum absolute atomic E-state index is 0.700. The Hall–Kier alpha value is -2.06. The molecule has 3 rings (SSSR count). The molecule has 18 heavy (non-hydrogen) atoms. The highest BCUT2D eigenvalue weighted by Crippen LogP contribution is 2.27. The summed E-state index contributed by atoms with van der Waals surface area (Å²) in [5, 5.41) is 0.700. The van der Waals surface area contributed by atoms with E-state index in [9.17, 15) is 0 Å². The monoisotopic (exact) mass is 254 g/mol. The lowest BCUT2D eigenvalue weighted by atomic mass is 10.2. The van der Waals surface area contributed by atoms with E-state index in [2.05, 4.69) is 9.97 Å². The van der Waals surface area contributed by atoms with Crippen molar-refractivity contribution >= 4 is 11.6 Å². The van der Waals surface area contributed by atoms with Crippen LogP contribution in [0.25, 0.3) is 22.6 Å². The Balaban J connectivity index is 2.03. The van der Waals surface area contributed by atoms with Gasteiger partial charge in [-0.2, -0.15) is 0 Å². The summed E-state index contributed by atoms with van der Waals surface area (Å²) in [6, 6.07) is 17.7. The van der Waals surface area contributed by atoms with E-state index < -0.39 is 0 Å². The van der Waals surface area contributed by atoms with Crippen LogP contribution in [0.4, 0.5) is 0 Å². The molecule has 1 heterocycles. The molecule has 88 valence electrons. The van der Waals surface area contributed by atoms with E-state index in [1.165, 1.54) is 0 Å². The molecule has 0 amide bonds. The van der Waals surface area contributed by atoms with Crippen LogP contribution in [0.3, 0.4) is 0 Å². The zero-order chi connectivity index (χ0) is 12.4. The van der Waals surface area contributed by atoms with Gasteiger partial charge in [0, 0.05) is 17.3 Å². The average Bonchev–Trinajstić information content (AvgIpc) is 2.90. The van der Waals surface area contributed by atoms with E-state index in [-0.39, 0.29) is 0 Å². The molecule has 0 unspecified atom stereocenters. The van der Waals surface area contributed by atoms with Crippen molar-refractivity contribution < 1.29 is 0 Å². The van der Waals surface area contributed by atoms with Crippen molar-refractivity contribution in [2.75, 3.05) is 0 Å². The fourth-order valence-electron chi connectivity index (χ4n) is 1.87. The third-order valence-electron chi connectivity index (χ3n) is 2.78. The molecule has 0 radical (unpaired) electrons. The highest BCUT2D eigenvalue weighted by molar-refractivity contribution is 6.33. The lowest BCUT2D eigenvalue weighted by Crippen LogP contribution is -1.82. The number of imidazole rings is 1. The highest BCUT2D eigenvalue weighted by atomic mass is 35.5. The Morgan fingerprint density at radius 3 is 2.39 bits per heavy atom. The SMILES string of the molecule is Clc1ccccc1-c1nc(-c2ccccc2)c[nH]1. The number of aromatic amines is 1. The molecule has 3 aromatic rings. The Labute approximate surface area is 110 Å². The number of H-pyrrole nitrogens is 1. The second-order valence-electron chi connectivity index (χ2n) is 3.98. The number of halogens is 1. The minimum atomic E-state index is 0.700. The second-order valence-corrected chi connectivity index (χ2v) is 4.39. The first kappa shape index (κ1) is 11.1. The fourth-order valence-corrected chi connectivity index (χ4v) is 2.09. The van der Waals surface area contributed by atoms with Crippen molar-refractivity contribution in [2.45, 2.75) is 0 Å². The molecule has 0 spiro atoms. The fraction of sp³-hybridized carbons (Fsp3) is 0. The number of aromatic nitrogens is 2. The molecule has 0 saturated heterocycles. The third-order valence-corrected chi connectivity index (χ3v) is 3.11. The zero-order valence-corrected chi connectivity index (χ0v) is 10.4. The van der Waals surface area contributed by atoms with Gasteiger partial charge < -0.3 is 4.98 Å². The number of benzene rings is 2. The summed E-state index contributed by atoms with van der Waals surface area (Å²) < 4.78 is 0. The summed E-state index contributed by atoms with van der Waals surface area (Å²) in [6.45, 7) is 0. The quantitative estimate of drug-likeness (QED) is 0.722. The first-order chi connectivity index (χ1) is 8.84. The highest BCUT2D eigenvalue weighted by Gasteiger charge is 2.08. The van der Waals surface area contributed by atoms with Gasteiger partial charge in [-0.25, -0.2) is 4.98 Å². The number of rotatable bonds is 2. The van der Waals surface area contributed by atoms with Gasteiger partial charge in [-0.05, 0) is 12.1 Å². The molecule has 0 aliphatic rings. The summed E-state index contributed by atoms with van der Waals surface area (Å²) in [5.41, 5.74) is 2.93. The van der Waals surface area contributed by atoms with Crippen molar-refractivity contribution in [3.05, 3.63) is 65.8 Å². The van der Waals surface area contributed by atoms with Crippen LogP contribution in [0.15, 0.2) is 60.8 Å². The second kappa shape index (κ2) is 4.67. The predicted molar refractivity (Wildman–Crippen MR) is 74.5 cm³/mol. The van der Waals surface area contributed by atoms with Crippen molar-refractivity contribution in [3.63, 3.8) is 0 Å². The smallest absolute Gasteiger partial charge is 0.139 e. The van der Waals surface area contributed by atoms with Crippen LogP contribution in [0, 0.1) is 0 Å². The Morgan fingerprint density at radius 1 is 0.889 bits per heavy atom. The molecule has 0 saturated carbocycles. The van der Waals surface area contributed by atoms with E-state index in [4.69, 9.17) is 11.6 Å². The molecule has 2 aromatic carbocycles. The van der Waals surface area contributed by atoms with Crippen LogP contribution < -0.4 is 0 Å². The maximum atomic E-state index is 6.15. The summed E-state index contributed by atoms with van der Waals surface area (Å²) in [6.07, 6.45) is 1.90. The van der Waals surface area contributed by atoms with E-state index >= 15 is 0 Å². The van der Waals surface area contributed by atoms with Crippen LogP contribution in [0.2, 0.25) is 5.02 Å². The van der Waals surface area contributed by atoms with E-state index in [0.29, 0.717) is 5.02 Å².